The Labute approximate surface area is 154 Å². The zero-order valence-corrected chi connectivity index (χ0v) is 15.5. The largest absolute Gasteiger partial charge is 0.355 e. The van der Waals surface area contributed by atoms with E-state index in [1.54, 1.807) is 25.1 Å². The fraction of sp³-hybridized carbons (Fsp3) is 0.333. The van der Waals surface area contributed by atoms with E-state index in [4.69, 9.17) is 0 Å². The van der Waals surface area contributed by atoms with Crippen molar-refractivity contribution in [1.29, 1.82) is 0 Å². The Morgan fingerprint density at radius 3 is 2.31 bits per heavy atom. The van der Waals surface area contributed by atoms with Crippen molar-refractivity contribution in [3.63, 3.8) is 0 Å². The Morgan fingerprint density at radius 2 is 1.69 bits per heavy atom. The van der Waals surface area contributed by atoms with Crippen LogP contribution in [0.15, 0.2) is 48.5 Å². The van der Waals surface area contributed by atoms with E-state index in [0.29, 0.717) is 12.1 Å². The molecule has 0 heterocycles. The topological polar surface area (TPSA) is 49.4 Å². The summed E-state index contributed by atoms with van der Waals surface area (Å²) in [5, 5.41) is 2.73. The van der Waals surface area contributed by atoms with Gasteiger partial charge in [0.1, 0.15) is 11.9 Å². The molecule has 0 saturated heterocycles. The SMILES string of the molecule is CCNC(=O)[C@H](C)N(Cc1ccccc1F)C(=O)Cc1ccccc1C. The maximum atomic E-state index is 14.1. The van der Waals surface area contributed by atoms with Gasteiger partial charge in [0, 0.05) is 18.7 Å². The van der Waals surface area contributed by atoms with Crippen molar-refractivity contribution in [2.45, 2.75) is 39.8 Å². The quantitative estimate of drug-likeness (QED) is 0.828. The number of carbonyl (C=O) groups excluding carboxylic acids is 2. The minimum absolute atomic E-state index is 0.0513. The average molecular weight is 356 g/mol. The van der Waals surface area contributed by atoms with Crippen molar-refractivity contribution in [2.24, 2.45) is 0 Å². The van der Waals surface area contributed by atoms with Crippen molar-refractivity contribution < 1.29 is 14.0 Å². The lowest BCUT2D eigenvalue weighted by Crippen LogP contribution is -2.48. The highest BCUT2D eigenvalue weighted by atomic mass is 19.1. The first kappa shape index (κ1) is 19.6. The molecule has 2 aromatic carbocycles. The number of nitrogens with one attached hydrogen (secondary N) is 1. The van der Waals surface area contributed by atoms with Crippen LogP contribution in [0.3, 0.4) is 0 Å². The summed E-state index contributed by atoms with van der Waals surface area (Å²) >= 11 is 0. The summed E-state index contributed by atoms with van der Waals surface area (Å²) in [4.78, 5) is 26.7. The molecule has 0 radical (unpaired) electrons. The first-order valence-corrected chi connectivity index (χ1v) is 8.79. The van der Waals surface area contributed by atoms with Crippen LogP contribution in [0.4, 0.5) is 4.39 Å². The van der Waals surface area contributed by atoms with E-state index in [-0.39, 0.29) is 30.6 Å². The van der Waals surface area contributed by atoms with Crippen molar-refractivity contribution in [3.8, 4) is 0 Å². The second kappa shape index (κ2) is 9.13. The molecule has 2 rings (SSSR count). The van der Waals surface area contributed by atoms with Gasteiger partial charge in [-0.1, -0.05) is 42.5 Å². The number of likely N-dealkylation sites (N-methyl/N-ethyl adjacent to an activating group) is 1. The zero-order chi connectivity index (χ0) is 19.1. The molecule has 4 nitrogen and oxygen atoms in total. The average Bonchev–Trinajstić information content (AvgIpc) is 2.62. The van der Waals surface area contributed by atoms with Gasteiger partial charge in [0.25, 0.3) is 0 Å². The van der Waals surface area contributed by atoms with E-state index >= 15 is 0 Å². The van der Waals surface area contributed by atoms with Crippen molar-refractivity contribution in [1.82, 2.24) is 10.2 Å². The maximum Gasteiger partial charge on any atom is 0.242 e. The van der Waals surface area contributed by atoms with E-state index in [9.17, 15) is 14.0 Å². The van der Waals surface area contributed by atoms with Crippen LogP contribution in [0.5, 0.6) is 0 Å². The zero-order valence-electron chi connectivity index (χ0n) is 15.5. The molecule has 0 aromatic heterocycles. The van der Waals surface area contributed by atoms with Crippen LogP contribution in [0, 0.1) is 12.7 Å². The van der Waals surface area contributed by atoms with Gasteiger partial charge in [-0.3, -0.25) is 9.59 Å². The van der Waals surface area contributed by atoms with Crippen LogP contribution < -0.4 is 5.32 Å². The third-order valence-corrected chi connectivity index (χ3v) is 4.42. The smallest absolute Gasteiger partial charge is 0.242 e. The first-order valence-electron chi connectivity index (χ1n) is 8.79. The number of halogens is 1. The predicted octanol–water partition coefficient (Wildman–Crippen LogP) is 3.23. The number of hydrogen-bond acceptors (Lipinski definition) is 2. The van der Waals surface area contributed by atoms with Crippen LogP contribution in [0.2, 0.25) is 0 Å². The van der Waals surface area contributed by atoms with E-state index in [1.807, 2.05) is 38.1 Å². The molecule has 0 unspecified atom stereocenters. The van der Waals surface area contributed by atoms with Gasteiger partial charge >= 0.3 is 0 Å². The Kier molecular flexibility index (Phi) is 6.89. The highest BCUT2D eigenvalue weighted by Crippen LogP contribution is 2.16. The third-order valence-electron chi connectivity index (χ3n) is 4.42. The molecule has 0 aliphatic heterocycles. The lowest BCUT2D eigenvalue weighted by molar-refractivity contribution is -0.140. The summed E-state index contributed by atoms with van der Waals surface area (Å²) in [7, 11) is 0. The van der Waals surface area contributed by atoms with E-state index < -0.39 is 6.04 Å². The van der Waals surface area contributed by atoms with Crippen molar-refractivity contribution in [3.05, 3.63) is 71.0 Å². The number of amides is 2. The van der Waals surface area contributed by atoms with E-state index in [0.717, 1.165) is 11.1 Å². The second-order valence-electron chi connectivity index (χ2n) is 6.29. The molecule has 0 spiro atoms. The van der Waals surface area contributed by atoms with Gasteiger partial charge in [0.2, 0.25) is 11.8 Å². The Morgan fingerprint density at radius 1 is 1.08 bits per heavy atom. The molecule has 0 bridgehead atoms. The fourth-order valence-corrected chi connectivity index (χ4v) is 2.79. The highest BCUT2D eigenvalue weighted by Gasteiger charge is 2.26. The monoisotopic (exact) mass is 356 g/mol. The third kappa shape index (κ3) is 4.91. The summed E-state index contributed by atoms with van der Waals surface area (Å²) in [6, 6.07) is 13.3. The van der Waals surface area contributed by atoms with Gasteiger partial charge in [-0.15, -0.1) is 0 Å². The molecule has 2 amide bonds. The van der Waals surface area contributed by atoms with Gasteiger partial charge < -0.3 is 10.2 Å². The van der Waals surface area contributed by atoms with Gasteiger partial charge in [0.05, 0.1) is 6.42 Å². The Balaban J connectivity index is 2.27. The molecule has 0 saturated carbocycles. The standard InChI is InChI=1S/C21H25FN2O2/c1-4-23-21(26)16(3)24(14-18-11-7-8-12-19(18)22)20(25)13-17-10-6-5-9-15(17)2/h5-12,16H,4,13-14H2,1-3H3,(H,23,26)/t16-/m0/s1. The molecular weight excluding hydrogens is 331 g/mol. The van der Waals surface area contributed by atoms with Gasteiger partial charge in [-0.2, -0.15) is 0 Å². The maximum absolute atomic E-state index is 14.1. The summed E-state index contributed by atoms with van der Waals surface area (Å²) < 4.78 is 14.1. The summed E-state index contributed by atoms with van der Waals surface area (Å²) in [5.41, 5.74) is 2.30. The number of aryl methyl sites for hydroxylation is 1. The molecule has 5 heteroatoms. The minimum Gasteiger partial charge on any atom is -0.355 e. The normalized spacial score (nSPS) is 11.7. The van der Waals surface area contributed by atoms with Crippen LogP contribution in [0.25, 0.3) is 0 Å². The second-order valence-corrected chi connectivity index (χ2v) is 6.29. The Hall–Kier alpha value is -2.69. The summed E-state index contributed by atoms with van der Waals surface area (Å²) in [6.07, 6.45) is 0.171. The molecule has 26 heavy (non-hydrogen) atoms. The number of benzene rings is 2. The summed E-state index contributed by atoms with van der Waals surface area (Å²) in [5.74, 6) is -0.840. The number of hydrogen-bond donors (Lipinski definition) is 1. The van der Waals surface area contributed by atoms with Crippen LogP contribution in [0.1, 0.15) is 30.5 Å². The number of nitrogens with zero attached hydrogens (tertiary/aromatic N) is 1. The molecule has 2 aromatic rings. The van der Waals surface area contributed by atoms with Crippen LogP contribution in [-0.4, -0.2) is 29.3 Å². The van der Waals surface area contributed by atoms with E-state index in [1.165, 1.54) is 11.0 Å². The lowest BCUT2D eigenvalue weighted by Gasteiger charge is -2.29. The molecule has 0 fully saturated rings. The molecule has 1 N–H and O–H groups in total. The van der Waals surface area contributed by atoms with Crippen molar-refractivity contribution >= 4 is 11.8 Å². The van der Waals surface area contributed by atoms with Gasteiger partial charge in [-0.05, 0) is 38.0 Å². The van der Waals surface area contributed by atoms with Gasteiger partial charge in [0.15, 0.2) is 0 Å². The molecule has 1 atom stereocenters. The molecule has 138 valence electrons. The molecular formula is C21H25FN2O2. The minimum atomic E-state index is -0.689. The fourth-order valence-electron chi connectivity index (χ4n) is 2.79. The predicted molar refractivity (Wildman–Crippen MR) is 100.0 cm³/mol. The van der Waals surface area contributed by atoms with Crippen LogP contribution in [-0.2, 0) is 22.6 Å². The summed E-state index contributed by atoms with van der Waals surface area (Å²) in [6.45, 7) is 5.96. The molecule has 0 aliphatic rings. The molecule has 0 aliphatic carbocycles. The highest BCUT2D eigenvalue weighted by molar-refractivity contribution is 5.88. The number of rotatable bonds is 7. The Bertz CT molecular complexity index is 776. The number of carbonyl (C=O) groups is 2. The van der Waals surface area contributed by atoms with Gasteiger partial charge in [-0.25, -0.2) is 4.39 Å². The van der Waals surface area contributed by atoms with E-state index in [2.05, 4.69) is 5.32 Å². The van der Waals surface area contributed by atoms with Crippen molar-refractivity contribution in [2.75, 3.05) is 6.54 Å². The first-order chi connectivity index (χ1) is 12.4. The lowest BCUT2D eigenvalue weighted by atomic mass is 10.0. The van der Waals surface area contributed by atoms with Crippen LogP contribution >= 0.6 is 0 Å².